The molecule has 6 rings (SSSR count). The first-order valence-electron chi connectivity index (χ1n) is 14.1. The first-order chi connectivity index (χ1) is 18.6. The van der Waals surface area contributed by atoms with E-state index in [2.05, 4.69) is 50.3 Å². The second-order valence-electron chi connectivity index (χ2n) is 11.0. The van der Waals surface area contributed by atoms with Gasteiger partial charge in [0, 0.05) is 61.0 Å². The van der Waals surface area contributed by atoms with Crippen LogP contribution in [0.2, 0.25) is 0 Å². The van der Waals surface area contributed by atoms with Crippen LogP contribution in [0.4, 0.5) is 16.2 Å². The molecule has 0 aliphatic carbocycles. The minimum absolute atomic E-state index is 0.0281. The van der Waals surface area contributed by atoms with Crippen LogP contribution in [0.3, 0.4) is 0 Å². The van der Waals surface area contributed by atoms with Gasteiger partial charge in [0.15, 0.2) is 0 Å². The van der Waals surface area contributed by atoms with Crippen LogP contribution in [-0.2, 0) is 0 Å². The van der Waals surface area contributed by atoms with Gasteiger partial charge >= 0.3 is 6.03 Å². The van der Waals surface area contributed by atoms with Gasteiger partial charge in [0.25, 0.3) is 0 Å². The van der Waals surface area contributed by atoms with Crippen LogP contribution in [0.1, 0.15) is 50.1 Å². The van der Waals surface area contributed by atoms with E-state index in [1.54, 1.807) is 6.33 Å². The van der Waals surface area contributed by atoms with Gasteiger partial charge in [-0.15, -0.1) is 0 Å². The Morgan fingerprint density at radius 2 is 1.74 bits per heavy atom. The second-order valence-corrected chi connectivity index (χ2v) is 11.0. The van der Waals surface area contributed by atoms with Crippen molar-refractivity contribution in [3.05, 3.63) is 54.5 Å². The topological polar surface area (TPSA) is 73.8 Å². The van der Waals surface area contributed by atoms with Gasteiger partial charge in [-0.3, -0.25) is 0 Å². The lowest BCUT2D eigenvalue weighted by Crippen LogP contribution is -2.40. The van der Waals surface area contributed by atoms with Gasteiger partial charge in [0.2, 0.25) is 0 Å². The standard InChI is InChI=1S/C30H38N6O2/c1-34-14-4-5-25(34)20-38-26-10-11-27-28(19-26)31-21-32-29(27)22-12-17-36(18-13-22)30(37)33-23-6-8-24(9-7-23)35-15-2-3-16-35/h6-11,19,21-22,25H,2-5,12-18,20H2,1H3,(H,33,37)/t25-/m0/s1. The Morgan fingerprint density at radius 1 is 0.947 bits per heavy atom. The lowest BCUT2D eigenvalue weighted by atomic mass is 9.91. The zero-order valence-electron chi connectivity index (χ0n) is 22.3. The predicted octanol–water partition coefficient (Wildman–Crippen LogP) is 5.11. The van der Waals surface area contributed by atoms with E-state index in [0.29, 0.717) is 31.7 Å². The lowest BCUT2D eigenvalue weighted by Gasteiger charge is -2.32. The third-order valence-corrected chi connectivity index (χ3v) is 8.51. The van der Waals surface area contributed by atoms with Crippen LogP contribution in [0, 0.1) is 0 Å². The maximum Gasteiger partial charge on any atom is 0.321 e. The molecule has 3 fully saturated rings. The number of ether oxygens (including phenoxy) is 1. The number of fused-ring (bicyclic) bond motifs is 1. The number of hydrogen-bond donors (Lipinski definition) is 1. The summed E-state index contributed by atoms with van der Waals surface area (Å²) in [7, 11) is 2.17. The highest BCUT2D eigenvalue weighted by atomic mass is 16.5. The SMILES string of the molecule is CN1CCC[C@H]1COc1ccc2c(C3CCN(C(=O)Nc4ccc(N5CCCC5)cc4)CC3)ncnc2c1. The summed E-state index contributed by atoms with van der Waals surface area (Å²) in [5.41, 5.74) is 4.08. The number of hydrogen-bond acceptors (Lipinski definition) is 6. The number of piperidine rings is 1. The van der Waals surface area contributed by atoms with Gasteiger partial charge in [0.05, 0.1) is 11.2 Å². The Labute approximate surface area is 225 Å². The molecule has 1 N–H and O–H groups in total. The minimum atomic E-state index is -0.0281. The number of aromatic nitrogens is 2. The number of urea groups is 1. The van der Waals surface area contributed by atoms with Gasteiger partial charge in [-0.1, -0.05) is 0 Å². The molecule has 1 aromatic heterocycles. The molecule has 8 nitrogen and oxygen atoms in total. The molecule has 0 bridgehead atoms. The summed E-state index contributed by atoms with van der Waals surface area (Å²) in [5, 5.41) is 4.16. The molecule has 0 spiro atoms. The molecule has 3 aliphatic heterocycles. The Bertz CT molecular complexity index is 1250. The molecule has 38 heavy (non-hydrogen) atoms. The fourth-order valence-corrected chi connectivity index (χ4v) is 6.14. The highest BCUT2D eigenvalue weighted by Crippen LogP contribution is 2.33. The number of likely N-dealkylation sites (tertiary alicyclic amines) is 2. The van der Waals surface area contributed by atoms with Gasteiger partial charge in [0.1, 0.15) is 18.7 Å². The molecule has 3 aliphatic rings. The quantitative estimate of drug-likeness (QED) is 0.493. The smallest absolute Gasteiger partial charge is 0.321 e. The number of likely N-dealkylation sites (N-methyl/N-ethyl adjacent to an activating group) is 1. The fraction of sp³-hybridized carbons (Fsp3) is 0.500. The van der Waals surface area contributed by atoms with Crippen LogP contribution in [-0.4, -0.2) is 78.2 Å². The van der Waals surface area contributed by atoms with E-state index in [0.717, 1.165) is 60.5 Å². The Hall–Kier alpha value is -3.39. The first-order valence-corrected chi connectivity index (χ1v) is 14.1. The van der Waals surface area contributed by atoms with E-state index in [4.69, 9.17) is 4.74 Å². The fourth-order valence-electron chi connectivity index (χ4n) is 6.14. The number of carbonyl (C=O) groups is 1. The summed E-state index contributed by atoms with van der Waals surface area (Å²) in [6.07, 6.45) is 8.39. The second kappa shape index (κ2) is 11.2. The van der Waals surface area contributed by atoms with Crippen LogP contribution >= 0.6 is 0 Å². The monoisotopic (exact) mass is 514 g/mol. The van der Waals surface area contributed by atoms with Gasteiger partial charge in [-0.2, -0.15) is 0 Å². The number of anilines is 2. The minimum Gasteiger partial charge on any atom is -0.492 e. The summed E-state index contributed by atoms with van der Waals surface area (Å²) >= 11 is 0. The molecule has 3 saturated heterocycles. The predicted molar refractivity (Wildman–Crippen MR) is 151 cm³/mol. The van der Waals surface area contributed by atoms with Gasteiger partial charge < -0.3 is 24.8 Å². The number of benzene rings is 2. The maximum absolute atomic E-state index is 12.9. The number of rotatable bonds is 6. The highest BCUT2D eigenvalue weighted by molar-refractivity contribution is 5.89. The van der Waals surface area contributed by atoms with E-state index in [9.17, 15) is 4.79 Å². The average Bonchev–Trinajstić information content (AvgIpc) is 3.64. The van der Waals surface area contributed by atoms with E-state index < -0.39 is 0 Å². The third-order valence-electron chi connectivity index (χ3n) is 8.51. The molecule has 1 atom stereocenters. The molecular weight excluding hydrogens is 476 g/mol. The summed E-state index contributed by atoms with van der Waals surface area (Å²) in [4.78, 5) is 28.8. The van der Waals surface area contributed by atoms with Crippen molar-refractivity contribution in [2.75, 3.05) is 56.6 Å². The molecule has 3 aromatic rings. The summed E-state index contributed by atoms with van der Waals surface area (Å²) in [5.74, 6) is 1.17. The van der Waals surface area contributed by atoms with E-state index in [-0.39, 0.29) is 6.03 Å². The first kappa shape index (κ1) is 24.9. The van der Waals surface area contributed by atoms with Crippen LogP contribution in [0.15, 0.2) is 48.8 Å². The molecular formula is C30H38N6O2. The van der Waals surface area contributed by atoms with Gasteiger partial charge in [-0.25, -0.2) is 14.8 Å². The Kier molecular flexibility index (Phi) is 7.31. The molecule has 2 aromatic carbocycles. The number of amides is 2. The highest BCUT2D eigenvalue weighted by Gasteiger charge is 2.26. The average molecular weight is 515 g/mol. The molecule has 0 radical (unpaired) electrons. The van der Waals surface area contributed by atoms with Crippen molar-refractivity contribution in [2.24, 2.45) is 0 Å². The molecule has 200 valence electrons. The molecule has 0 saturated carbocycles. The Morgan fingerprint density at radius 3 is 2.47 bits per heavy atom. The third kappa shape index (κ3) is 5.41. The van der Waals surface area contributed by atoms with Crippen molar-refractivity contribution in [3.8, 4) is 5.75 Å². The van der Waals surface area contributed by atoms with Gasteiger partial charge in [-0.05, 0) is 88.5 Å². The molecule has 4 heterocycles. The molecule has 0 unspecified atom stereocenters. The van der Waals surface area contributed by atoms with E-state index in [1.807, 2.05) is 29.2 Å². The van der Waals surface area contributed by atoms with Crippen molar-refractivity contribution < 1.29 is 9.53 Å². The van der Waals surface area contributed by atoms with Crippen molar-refractivity contribution >= 4 is 28.3 Å². The maximum atomic E-state index is 12.9. The van der Waals surface area contributed by atoms with Crippen molar-refractivity contribution in [1.29, 1.82) is 0 Å². The zero-order chi connectivity index (χ0) is 25.9. The largest absolute Gasteiger partial charge is 0.492 e. The van der Waals surface area contributed by atoms with Crippen LogP contribution in [0.5, 0.6) is 5.75 Å². The zero-order valence-corrected chi connectivity index (χ0v) is 22.3. The van der Waals surface area contributed by atoms with E-state index >= 15 is 0 Å². The number of nitrogens with zero attached hydrogens (tertiary/aromatic N) is 5. The van der Waals surface area contributed by atoms with Crippen molar-refractivity contribution in [1.82, 2.24) is 19.8 Å². The molecule has 8 heteroatoms. The summed E-state index contributed by atoms with van der Waals surface area (Å²) in [6.45, 7) is 5.52. The normalized spacial score (nSPS) is 20.8. The van der Waals surface area contributed by atoms with E-state index in [1.165, 1.54) is 31.4 Å². The summed E-state index contributed by atoms with van der Waals surface area (Å²) < 4.78 is 6.12. The number of nitrogens with one attached hydrogen (secondary N) is 1. The summed E-state index contributed by atoms with van der Waals surface area (Å²) in [6, 6.07) is 14.9. The number of carbonyl (C=O) groups excluding carboxylic acids is 1. The van der Waals surface area contributed by atoms with Crippen molar-refractivity contribution in [3.63, 3.8) is 0 Å². The molecule has 2 amide bonds. The van der Waals surface area contributed by atoms with Crippen LogP contribution < -0.4 is 15.0 Å². The Balaban J connectivity index is 1.05. The van der Waals surface area contributed by atoms with Crippen molar-refractivity contribution in [2.45, 2.75) is 50.5 Å². The van der Waals surface area contributed by atoms with Crippen LogP contribution in [0.25, 0.3) is 10.9 Å². The lowest BCUT2D eigenvalue weighted by molar-refractivity contribution is 0.194.